The summed E-state index contributed by atoms with van der Waals surface area (Å²) in [6, 6.07) is 9.85. The predicted molar refractivity (Wildman–Crippen MR) is 85.9 cm³/mol. The molecule has 1 fully saturated rings. The van der Waals surface area contributed by atoms with Gasteiger partial charge in [-0.3, -0.25) is 0 Å². The van der Waals surface area contributed by atoms with Crippen molar-refractivity contribution in [2.75, 3.05) is 13.1 Å². The molecule has 0 bridgehead atoms. The molecule has 1 saturated heterocycles. The summed E-state index contributed by atoms with van der Waals surface area (Å²) in [5.41, 5.74) is 1.25. The first-order valence-corrected chi connectivity index (χ1v) is 7.66. The molecule has 2 rings (SSSR count). The molecule has 114 valence electrons. The standard InChI is InChI=1S/C18H25NO2/c1-14(13-15-7-5-4-6-8-15)17(20)21-18(2,3)16-9-11-19-12-10-16/h4-8,13,16,19H,9-12H2,1-3H3/b14-13+. The first-order valence-electron chi connectivity index (χ1n) is 7.66. The van der Waals surface area contributed by atoms with Gasteiger partial charge < -0.3 is 10.1 Å². The topological polar surface area (TPSA) is 38.3 Å². The minimum atomic E-state index is -0.412. The molecule has 0 unspecified atom stereocenters. The normalized spacial score (nSPS) is 17.6. The fourth-order valence-electron chi connectivity index (χ4n) is 2.78. The third-order valence-corrected chi connectivity index (χ3v) is 4.18. The molecule has 0 atom stereocenters. The first kappa shape index (κ1) is 15.8. The number of hydrogen-bond donors (Lipinski definition) is 1. The monoisotopic (exact) mass is 287 g/mol. The van der Waals surface area contributed by atoms with Gasteiger partial charge in [-0.1, -0.05) is 30.3 Å². The molecule has 0 radical (unpaired) electrons. The van der Waals surface area contributed by atoms with E-state index in [1.54, 1.807) is 0 Å². The zero-order valence-electron chi connectivity index (χ0n) is 13.2. The average Bonchev–Trinajstić information content (AvgIpc) is 2.48. The van der Waals surface area contributed by atoms with Crippen molar-refractivity contribution in [1.82, 2.24) is 5.32 Å². The highest BCUT2D eigenvalue weighted by Gasteiger charge is 2.34. The van der Waals surface area contributed by atoms with E-state index >= 15 is 0 Å². The van der Waals surface area contributed by atoms with Crippen LogP contribution in [0.2, 0.25) is 0 Å². The summed E-state index contributed by atoms with van der Waals surface area (Å²) in [5.74, 6) is 0.203. The Kier molecular flexibility index (Phi) is 5.18. The second-order valence-electron chi connectivity index (χ2n) is 6.26. The number of hydrogen-bond acceptors (Lipinski definition) is 3. The number of carbonyl (C=O) groups is 1. The summed E-state index contributed by atoms with van der Waals surface area (Å²) in [6.45, 7) is 7.87. The number of carbonyl (C=O) groups excluding carboxylic acids is 1. The van der Waals surface area contributed by atoms with Gasteiger partial charge in [0.25, 0.3) is 0 Å². The third-order valence-electron chi connectivity index (χ3n) is 4.18. The Morgan fingerprint density at radius 1 is 1.24 bits per heavy atom. The summed E-state index contributed by atoms with van der Waals surface area (Å²) < 4.78 is 5.78. The van der Waals surface area contributed by atoms with E-state index in [0.717, 1.165) is 31.5 Å². The Hall–Kier alpha value is -1.61. The fourth-order valence-corrected chi connectivity index (χ4v) is 2.78. The van der Waals surface area contributed by atoms with Crippen LogP contribution in [0, 0.1) is 5.92 Å². The number of rotatable bonds is 4. The molecular formula is C18H25NO2. The van der Waals surface area contributed by atoms with Crippen molar-refractivity contribution in [2.24, 2.45) is 5.92 Å². The molecule has 0 spiro atoms. The third kappa shape index (κ3) is 4.43. The summed E-state index contributed by atoms with van der Waals surface area (Å²) in [7, 11) is 0. The molecule has 1 aliphatic rings. The highest BCUT2D eigenvalue weighted by atomic mass is 16.6. The van der Waals surface area contributed by atoms with Gasteiger partial charge >= 0.3 is 5.97 Å². The van der Waals surface area contributed by atoms with E-state index in [4.69, 9.17) is 4.74 Å². The van der Waals surface area contributed by atoms with Crippen LogP contribution >= 0.6 is 0 Å². The minimum absolute atomic E-state index is 0.220. The molecule has 3 heteroatoms. The van der Waals surface area contributed by atoms with Crippen LogP contribution in [0.3, 0.4) is 0 Å². The smallest absolute Gasteiger partial charge is 0.334 e. The summed E-state index contributed by atoms with van der Waals surface area (Å²) in [5, 5.41) is 3.34. The maximum Gasteiger partial charge on any atom is 0.334 e. The highest BCUT2D eigenvalue weighted by molar-refractivity contribution is 5.93. The number of piperidine rings is 1. The average molecular weight is 287 g/mol. The quantitative estimate of drug-likeness (QED) is 0.681. The molecule has 1 aliphatic heterocycles. The van der Waals surface area contributed by atoms with Crippen molar-refractivity contribution in [3.8, 4) is 0 Å². The van der Waals surface area contributed by atoms with Crippen LogP contribution in [0.15, 0.2) is 35.9 Å². The molecule has 0 saturated carbocycles. The van der Waals surface area contributed by atoms with Crippen LogP contribution in [0.4, 0.5) is 0 Å². The van der Waals surface area contributed by atoms with Gasteiger partial charge in [0.2, 0.25) is 0 Å². The molecule has 1 aromatic rings. The minimum Gasteiger partial charge on any atom is -0.456 e. The SMILES string of the molecule is C/C(=C\c1ccccc1)C(=O)OC(C)(C)C1CCNCC1. The Balaban J connectivity index is 2.01. The van der Waals surface area contributed by atoms with Gasteiger partial charge in [-0.2, -0.15) is 0 Å². The van der Waals surface area contributed by atoms with Gasteiger partial charge in [0.15, 0.2) is 0 Å². The Bertz CT molecular complexity index is 499. The molecule has 1 heterocycles. The van der Waals surface area contributed by atoms with Crippen LogP contribution < -0.4 is 5.32 Å². The van der Waals surface area contributed by atoms with E-state index in [1.807, 2.05) is 57.2 Å². The van der Waals surface area contributed by atoms with Crippen molar-refractivity contribution in [1.29, 1.82) is 0 Å². The summed E-state index contributed by atoms with van der Waals surface area (Å²) >= 11 is 0. The molecule has 3 nitrogen and oxygen atoms in total. The van der Waals surface area contributed by atoms with Crippen molar-refractivity contribution in [2.45, 2.75) is 39.2 Å². The van der Waals surface area contributed by atoms with Gasteiger partial charge in [-0.05, 0) is 58.3 Å². The van der Waals surface area contributed by atoms with E-state index < -0.39 is 5.60 Å². The Labute approximate surface area is 127 Å². The van der Waals surface area contributed by atoms with Crippen LogP contribution in [0.25, 0.3) is 6.08 Å². The molecule has 0 aliphatic carbocycles. The van der Waals surface area contributed by atoms with Gasteiger partial charge in [0.05, 0.1) is 0 Å². The summed E-state index contributed by atoms with van der Waals surface area (Å²) in [4.78, 5) is 12.3. The zero-order valence-corrected chi connectivity index (χ0v) is 13.2. The maximum atomic E-state index is 12.3. The second-order valence-corrected chi connectivity index (χ2v) is 6.26. The van der Waals surface area contributed by atoms with Crippen LogP contribution in [-0.2, 0) is 9.53 Å². The molecule has 1 aromatic carbocycles. The van der Waals surface area contributed by atoms with Crippen LogP contribution in [-0.4, -0.2) is 24.7 Å². The number of esters is 1. The number of benzene rings is 1. The van der Waals surface area contributed by atoms with Gasteiger partial charge in [-0.15, -0.1) is 0 Å². The van der Waals surface area contributed by atoms with Crippen molar-refractivity contribution in [3.05, 3.63) is 41.5 Å². The van der Waals surface area contributed by atoms with E-state index in [-0.39, 0.29) is 5.97 Å². The van der Waals surface area contributed by atoms with Gasteiger partial charge in [0, 0.05) is 11.5 Å². The van der Waals surface area contributed by atoms with Crippen molar-refractivity contribution in [3.63, 3.8) is 0 Å². The largest absolute Gasteiger partial charge is 0.456 e. The van der Waals surface area contributed by atoms with E-state index in [0.29, 0.717) is 11.5 Å². The van der Waals surface area contributed by atoms with Gasteiger partial charge in [0.1, 0.15) is 5.60 Å². The van der Waals surface area contributed by atoms with Crippen LogP contribution in [0.5, 0.6) is 0 Å². The van der Waals surface area contributed by atoms with Gasteiger partial charge in [-0.25, -0.2) is 4.79 Å². The molecule has 1 N–H and O–H groups in total. The van der Waals surface area contributed by atoms with E-state index in [9.17, 15) is 4.79 Å². The van der Waals surface area contributed by atoms with E-state index in [2.05, 4.69) is 5.32 Å². The molecular weight excluding hydrogens is 262 g/mol. The zero-order chi connectivity index (χ0) is 15.3. The molecule has 0 aromatic heterocycles. The molecule has 0 amide bonds. The lowest BCUT2D eigenvalue weighted by Crippen LogP contribution is -2.42. The number of nitrogens with one attached hydrogen (secondary N) is 1. The lowest BCUT2D eigenvalue weighted by Gasteiger charge is -2.36. The van der Waals surface area contributed by atoms with Crippen molar-refractivity contribution >= 4 is 12.0 Å². The second kappa shape index (κ2) is 6.90. The van der Waals surface area contributed by atoms with E-state index in [1.165, 1.54) is 0 Å². The fraction of sp³-hybridized carbons (Fsp3) is 0.500. The van der Waals surface area contributed by atoms with Crippen LogP contribution in [0.1, 0.15) is 39.2 Å². The molecule has 21 heavy (non-hydrogen) atoms. The lowest BCUT2D eigenvalue weighted by molar-refractivity contribution is -0.157. The predicted octanol–water partition coefficient (Wildman–Crippen LogP) is 3.41. The first-order chi connectivity index (χ1) is 9.99. The highest BCUT2D eigenvalue weighted by Crippen LogP contribution is 2.29. The summed E-state index contributed by atoms with van der Waals surface area (Å²) in [6.07, 6.45) is 3.99. The maximum absolute atomic E-state index is 12.3. The number of ether oxygens (including phenoxy) is 1. The van der Waals surface area contributed by atoms with Crippen molar-refractivity contribution < 1.29 is 9.53 Å². The Morgan fingerprint density at radius 2 is 1.86 bits per heavy atom. The Morgan fingerprint density at radius 3 is 2.48 bits per heavy atom. The lowest BCUT2D eigenvalue weighted by atomic mass is 9.83.